The molecule has 1 heteroatoms. The molecule has 3 aromatic rings. The summed E-state index contributed by atoms with van der Waals surface area (Å²) in [7, 11) is 0. The molecule has 0 saturated heterocycles. The predicted molar refractivity (Wildman–Crippen MR) is 90.7 cm³/mol. The van der Waals surface area contributed by atoms with E-state index in [0.29, 0.717) is 0 Å². The highest BCUT2D eigenvalue weighted by Gasteiger charge is 2.09. The smallest absolute Gasteiger partial charge is 0.138 e. The molecule has 0 amide bonds. The number of fused-ring (bicyclic) bond motifs is 1. The summed E-state index contributed by atoms with van der Waals surface area (Å²) in [6.45, 7) is 8.32. The van der Waals surface area contributed by atoms with Crippen molar-refractivity contribution in [2.24, 2.45) is 0 Å². The van der Waals surface area contributed by atoms with Gasteiger partial charge in [0.1, 0.15) is 11.0 Å². The summed E-state index contributed by atoms with van der Waals surface area (Å²) in [4.78, 5) is 0. The number of aryl methyl sites for hydroxylation is 2. The predicted octanol–water partition coefficient (Wildman–Crippen LogP) is 4.32. The van der Waals surface area contributed by atoms with E-state index in [2.05, 4.69) is 63.2 Å². The van der Waals surface area contributed by atoms with Crippen molar-refractivity contribution in [3.05, 3.63) is 58.2 Å². The molecule has 0 saturated carbocycles. The van der Waals surface area contributed by atoms with Crippen LogP contribution in [0.5, 0.6) is 0 Å². The van der Waals surface area contributed by atoms with Crippen molar-refractivity contribution in [2.45, 2.75) is 27.7 Å². The van der Waals surface area contributed by atoms with Crippen LogP contribution in [0.3, 0.4) is 0 Å². The Kier molecular flexibility index (Phi) is 3.42. The minimum absolute atomic E-state index is 0.956. The summed E-state index contributed by atoms with van der Waals surface area (Å²) in [5.74, 6) is 0. The van der Waals surface area contributed by atoms with Gasteiger partial charge in [0.2, 0.25) is 0 Å². The fourth-order valence-corrected chi connectivity index (χ4v) is 2.91. The van der Waals surface area contributed by atoms with Crippen molar-refractivity contribution in [3.63, 3.8) is 0 Å². The van der Waals surface area contributed by atoms with Crippen molar-refractivity contribution in [1.29, 1.82) is 0 Å². The Bertz CT molecular complexity index is 926. The van der Waals surface area contributed by atoms with Crippen LogP contribution in [0.25, 0.3) is 34.2 Å². The summed E-state index contributed by atoms with van der Waals surface area (Å²) in [6.07, 6.45) is 4.15. The first-order chi connectivity index (χ1) is 10.1. The van der Waals surface area contributed by atoms with Gasteiger partial charge in [-0.05, 0) is 62.6 Å². The van der Waals surface area contributed by atoms with E-state index < -0.39 is 0 Å². The molecule has 0 aliphatic rings. The monoisotopic (exact) mass is 276 g/mol. The van der Waals surface area contributed by atoms with Gasteiger partial charge in [0, 0.05) is 10.6 Å². The van der Waals surface area contributed by atoms with E-state index in [0.717, 1.165) is 11.0 Å². The number of furan rings is 1. The molecule has 0 aliphatic carbocycles. The van der Waals surface area contributed by atoms with E-state index in [1.807, 2.05) is 13.0 Å². The maximum atomic E-state index is 6.00. The lowest BCUT2D eigenvalue weighted by Gasteiger charge is -2.05. The second-order valence-electron chi connectivity index (χ2n) is 5.50. The average Bonchev–Trinajstić information content (AvgIpc) is 2.85. The van der Waals surface area contributed by atoms with Gasteiger partial charge in [0.05, 0.1) is 0 Å². The van der Waals surface area contributed by atoms with Crippen molar-refractivity contribution >= 4 is 23.1 Å². The van der Waals surface area contributed by atoms with Crippen LogP contribution in [0.15, 0.2) is 40.8 Å². The Morgan fingerprint density at radius 2 is 1.71 bits per heavy atom. The molecule has 0 atom stereocenters. The number of hydrogen-bond donors (Lipinski definition) is 0. The molecule has 1 aromatic heterocycles. The van der Waals surface area contributed by atoms with Crippen molar-refractivity contribution in [2.75, 3.05) is 0 Å². The molecule has 0 unspecified atom stereocenters. The molecule has 0 N–H and O–H groups in total. The summed E-state index contributed by atoms with van der Waals surface area (Å²) in [5.41, 5.74) is 6.91. The summed E-state index contributed by atoms with van der Waals surface area (Å²) < 4.78 is 6.00. The topological polar surface area (TPSA) is 13.1 Å². The molecule has 2 aromatic carbocycles. The lowest BCUT2D eigenvalue weighted by molar-refractivity contribution is 0.572. The molecular weight excluding hydrogens is 256 g/mol. The highest BCUT2D eigenvalue weighted by atomic mass is 16.3. The quantitative estimate of drug-likeness (QED) is 0.645. The minimum Gasteiger partial charge on any atom is -0.456 e. The Balaban J connectivity index is 2.38. The second-order valence-corrected chi connectivity index (χ2v) is 5.50. The van der Waals surface area contributed by atoms with Gasteiger partial charge in [-0.1, -0.05) is 35.9 Å². The van der Waals surface area contributed by atoms with Crippen LogP contribution in [0.2, 0.25) is 0 Å². The first-order valence-electron chi connectivity index (χ1n) is 7.37. The number of rotatable bonds is 1. The largest absolute Gasteiger partial charge is 0.456 e. The van der Waals surface area contributed by atoms with Gasteiger partial charge in [-0.3, -0.25) is 0 Å². The van der Waals surface area contributed by atoms with Crippen molar-refractivity contribution in [1.82, 2.24) is 0 Å². The molecule has 106 valence electrons. The fourth-order valence-electron chi connectivity index (χ4n) is 2.91. The molecule has 0 spiro atoms. The van der Waals surface area contributed by atoms with E-state index in [1.54, 1.807) is 0 Å². The maximum absolute atomic E-state index is 6.00. The Hall–Kier alpha value is -2.28. The van der Waals surface area contributed by atoms with E-state index in [4.69, 9.17) is 4.42 Å². The maximum Gasteiger partial charge on any atom is 0.138 e. The van der Waals surface area contributed by atoms with Crippen LogP contribution in [0.4, 0.5) is 0 Å². The third-order valence-electron chi connectivity index (χ3n) is 3.94. The molecule has 0 bridgehead atoms. The number of benzene rings is 2. The zero-order chi connectivity index (χ0) is 15.0. The highest BCUT2D eigenvalue weighted by molar-refractivity contribution is 5.87. The summed E-state index contributed by atoms with van der Waals surface area (Å²) >= 11 is 0. The fraction of sp³-hybridized carbons (Fsp3) is 0.200. The first kappa shape index (κ1) is 13.7. The lowest BCUT2D eigenvalue weighted by atomic mass is 9.99. The van der Waals surface area contributed by atoms with E-state index >= 15 is 0 Å². The Morgan fingerprint density at radius 3 is 2.38 bits per heavy atom. The van der Waals surface area contributed by atoms with Crippen LogP contribution in [-0.4, -0.2) is 0 Å². The normalized spacial score (nSPS) is 13.3. The van der Waals surface area contributed by atoms with Gasteiger partial charge in [-0.2, -0.15) is 0 Å². The van der Waals surface area contributed by atoms with Crippen molar-refractivity contribution in [3.8, 4) is 11.1 Å². The average molecular weight is 276 g/mol. The zero-order valence-corrected chi connectivity index (χ0v) is 13.0. The molecule has 0 radical (unpaired) electrons. The van der Waals surface area contributed by atoms with E-state index in [-0.39, 0.29) is 0 Å². The van der Waals surface area contributed by atoms with Crippen molar-refractivity contribution < 1.29 is 4.42 Å². The van der Waals surface area contributed by atoms with Crippen LogP contribution in [0, 0.1) is 13.8 Å². The standard InChI is InChI=1S/C20H20O/c1-5-17-18-12-16(15-9-7-8-13(3)10-15)11-14(4)20(18)21-19(17)6-2/h5-12H,1-4H3/b17-5-,19-6+. The highest BCUT2D eigenvalue weighted by Crippen LogP contribution is 2.26. The van der Waals surface area contributed by atoms with E-state index in [9.17, 15) is 0 Å². The summed E-state index contributed by atoms with van der Waals surface area (Å²) in [6, 6.07) is 13.1. The van der Waals surface area contributed by atoms with Gasteiger partial charge < -0.3 is 4.42 Å². The van der Waals surface area contributed by atoms with Crippen LogP contribution >= 0.6 is 0 Å². The molecule has 1 heterocycles. The van der Waals surface area contributed by atoms with Gasteiger partial charge in [0.15, 0.2) is 0 Å². The van der Waals surface area contributed by atoms with Gasteiger partial charge in [-0.15, -0.1) is 0 Å². The molecule has 0 aliphatic heterocycles. The zero-order valence-electron chi connectivity index (χ0n) is 13.0. The Morgan fingerprint density at radius 1 is 0.905 bits per heavy atom. The first-order valence-corrected chi connectivity index (χ1v) is 7.37. The summed E-state index contributed by atoms with van der Waals surface area (Å²) in [5, 5.41) is 2.38. The van der Waals surface area contributed by atoms with Crippen LogP contribution in [-0.2, 0) is 0 Å². The third kappa shape index (κ3) is 2.29. The molecule has 1 nitrogen and oxygen atoms in total. The SMILES string of the molecule is C/C=c1\c(=C/C)oc2c(C)cc(-c3cccc(C)c3)cc12. The molecule has 21 heavy (non-hydrogen) atoms. The minimum atomic E-state index is 0.956. The Labute approximate surface area is 125 Å². The molecule has 3 rings (SSSR count). The van der Waals surface area contributed by atoms with Gasteiger partial charge >= 0.3 is 0 Å². The van der Waals surface area contributed by atoms with Gasteiger partial charge in [0.25, 0.3) is 0 Å². The van der Waals surface area contributed by atoms with Crippen LogP contribution < -0.4 is 10.6 Å². The molecular formula is C20H20O. The number of hydrogen-bond acceptors (Lipinski definition) is 1. The van der Waals surface area contributed by atoms with E-state index in [1.165, 1.54) is 32.9 Å². The second kappa shape index (κ2) is 5.25. The molecule has 0 fully saturated rings. The van der Waals surface area contributed by atoms with Crippen LogP contribution in [0.1, 0.15) is 25.0 Å². The third-order valence-corrected chi connectivity index (χ3v) is 3.94. The van der Waals surface area contributed by atoms with Gasteiger partial charge in [-0.25, -0.2) is 0 Å². The lowest BCUT2D eigenvalue weighted by Crippen LogP contribution is -2.18.